The topological polar surface area (TPSA) is 65.0 Å². The summed E-state index contributed by atoms with van der Waals surface area (Å²) in [6, 6.07) is 3.33. The molecule has 0 amide bonds. The van der Waals surface area contributed by atoms with E-state index in [1.165, 1.54) is 27.4 Å². The molecular weight excluding hydrogens is 243 g/mol. The second-order valence-electron chi connectivity index (χ2n) is 3.13. The minimum Gasteiger partial charge on any atom is -0.493 e. The number of carboxylic acid groups (broad SMARTS) is 1. The fourth-order valence-corrected chi connectivity index (χ4v) is 1.37. The van der Waals surface area contributed by atoms with Crippen LogP contribution >= 0.6 is 0 Å². The highest BCUT2D eigenvalue weighted by Crippen LogP contribution is 2.38. The molecule has 1 rings (SSSR count). The maximum absolute atomic E-state index is 10.4. The number of hydrogen-bond donors (Lipinski definition) is 1. The van der Waals surface area contributed by atoms with Gasteiger partial charge < -0.3 is 19.3 Å². The first-order chi connectivity index (χ1) is 8.12. The largest absolute Gasteiger partial charge is 0.493 e. The molecule has 1 N–H and O–H groups in total. The molecule has 0 aromatic heterocycles. The molecule has 0 aliphatic carbocycles. The molecule has 0 bridgehead atoms. The molecule has 100 valence electrons. The first kappa shape index (κ1) is 15.8. The van der Waals surface area contributed by atoms with Gasteiger partial charge in [0.25, 0.3) is 0 Å². The Bertz CT molecular complexity index is 417. The SMILES string of the molecule is COc1cc(/C=C/C(=O)O)cc(OC)c1OC.F. The van der Waals surface area contributed by atoms with Crippen LogP contribution in [0.5, 0.6) is 17.2 Å². The molecule has 0 saturated heterocycles. The van der Waals surface area contributed by atoms with Gasteiger partial charge in [0.15, 0.2) is 11.5 Å². The van der Waals surface area contributed by atoms with E-state index in [1.807, 2.05) is 0 Å². The molecule has 0 saturated carbocycles. The standard InChI is InChI=1S/C12H14O5.FH/c1-15-9-6-8(4-5-11(13)14)7-10(16-2)12(9)17-3;/h4-7H,1-3H3,(H,13,14);1H/b5-4+;. The smallest absolute Gasteiger partial charge is 0.328 e. The molecular formula is C12H15FO5. The lowest BCUT2D eigenvalue weighted by Gasteiger charge is -2.12. The van der Waals surface area contributed by atoms with Crippen molar-refractivity contribution in [3.8, 4) is 17.2 Å². The van der Waals surface area contributed by atoms with Gasteiger partial charge in [-0.1, -0.05) is 0 Å². The number of ether oxygens (including phenoxy) is 3. The van der Waals surface area contributed by atoms with E-state index in [9.17, 15) is 4.79 Å². The molecule has 5 nitrogen and oxygen atoms in total. The zero-order valence-electron chi connectivity index (χ0n) is 10.3. The summed E-state index contributed by atoms with van der Waals surface area (Å²) in [6.07, 6.45) is 2.49. The van der Waals surface area contributed by atoms with E-state index >= 15 is 0 Å². The third kappa shape index (κ3) is 3.65. The van der Waals surface area contributed by atoms with Gasteiger partial charge in [-0.15, -0.1) is 0 Å². The van der Waals surface area contributed by atoms with Gasteiger partial charge in [0.05, 0.1) is 21.3 Å². The van der Waals surface area contributed by atoms with E-state index in [0.717, 1.165) is 6.08 Å². The zero-order chi connectivity index (χ0) is 12.8. The van der Waals surface area contributed by atoms with Crippen LogP contribution in [0.15, 0.2) is 18.2 Å². The third-order valence-corrected chi connectivity index (χ3v) is 2.11. The average molecular weight is 258 g/mol. The van der Waals surface area contributed by atoms with Crippen LogP contribution in [0.25, 0.3) is 6.08 Å². The van der Waals surface area contributed by atoms with Crippen molar-refractivity contribution in [3.05, 3.63) is 23.8 Å². The number of halogens is 1. The fourth-order valence-electron chi connectivity index (χ4n) is 1.37. The predicted octanol–water partition coefficient (Wildman–Crippen LogP) is 1.96. The van der Waals surface area contributed by atoms with Gasteiger partial charge in [-0.3, -0.25) is 4.70 Å². The van der Waals surface area contributed by atoms with Crippen LogP contribution in [0.1, 0.15) is 5.56 Å². The first-order valence-corrected chi connectivity index (χ1v) is 4.83. The van der Waals surface area contributed by atoms with Crippen molar-refractivity contribution in [2.24, 2.45) is 0 Å². The molecule has 0 spiro atoms. The van der Waals surface area contributed by atoms with Crippen LogP contribution in [0.3, 0.4) is 0 Å². The average Bonchev–Trinajstić information content (AvgIpc) is 2.34. The molecule has 0 unspecified atom stereocenters. The van der Waals surface area contributed by atoms with Crippen molar-refractivity contribution in [1.29, 1.82) is 0 Å². The fraction of sp³-hybridized carbons (Fsp3) is 0.250. The van der Waals surface area contributed by atoms with Crippen molar-refractivity contribution in [3.63, 3.8) is 0 Å². The van der Waals surface area contributed by atoms with E-state index in [0.29, 0.717) is 22.8 Å². The summed E-state index contributed by atoms with van der Waals surface area (Å²) in [5, 5.41) is 8.55. The van der Waals surface area contributed by atoms with Gasteiger partial charge in [0, 0.05) is 6.08 Å². The predicted molar refractivity (Wildman–Crippen MR) is 65.3 cm³/mol. The van der Waals surface area contributed by atoms with Crippen LogP contribution in [0, 0.1) is 0 Å². The molecule has 0 aliphatic rings. The highest BCUT2D eigenvalue weighted by Gasteiger charge is 2.11. The molecule has 1 aromatic carbocycles. The number of carboxylic acids is 1. The van der Waals surface area contributed by atoms with Crippen LogP contribution in [0.4, 0.5) is 4.70 Å². The summed E-state index contributed by atoms with van der Waals surface area (Å²) in [4.78, 5) is 10.4. The molecule has 6 heteroatoms. The third-order valence-electron chi connectivity index (χ3n) is 2.11. The Morgan fingerprint density at radius 1 is 1.11 bits per heavy atom. The van der Waals surface area contributed by atoms with E-state index in [4.69, 9.17) is 19.3 Å². The van der Waals surface area contributed by atoms with Gasteiger partial charge >= 0.3 is 5.97 Å². The summed E-state index contributed by atoms with van der Waals surface area (Å²) in [5.74, 6) is 0.426. The lowest BCUT2D eigenvalue weighted by molar-refractivity contribution is -0.131. The van der Waals surface area contributed by atoms with Crippen LogP contribution in [-0.4, -0.2) is 32.4 Å². The van der Waals surface area contributed by atoms with Crippen molar-refractivity contribution < 1.29 is 28.8 Å². The van der Waals surface area contributed by atoms with Crippen molar-refractivity contribution in [2.75, 3.05) is 21.3 Å². The van der Waals surface area contributed by atoms with E-state index in [2.05, 4.69) is 0 Å². The minimum atomic E-state index is -1.02. The number of carbonyl (C=O) groups is 1. The first-order valence-electron chi connectivity index (χ1n) is 4.83. The minimum absolute atomic E-state index is 0. The summed E-state index contributed by atoms with van der Waals surface area (Å²) in [6.45, 7) is 0. The van der Waals surface area contributed by atoms with Gasteiger partial charge in [0.2, 0.25) is 5.75 Å². The number of hydrogen-bond acceptors (Lipinski definition) is 4. The second-order valence-corrected chi connectivity index (χ2v) is 3.13. The van der Waals surface area contributed by atoms with Gasteiger partial charge in [-0.05, 0) is 23.8 Å². The van der Waals surface area contributed by atoms with Crippen molar-refractivity contribution in [2.45, 2.75) is 0 Å². The summed E-state index contributed by atoms with van der Waals surface area (Å²) >= 11 is 0. The Labute approximate surface area is 104 Å². The maximum atomic E-state index is 10.4. The summed E-state index contributed by atoms with van der Waals surface area (Å²) in [7, 11) is 4.51. The monoisotopic (exact) mass is 258 g/mol. The van der Waals surface area contributed by atoms with E-state index < -0.39 is 5.97 Å². The molecule has 0 radical (unpaired) electrons. The van der Waals surface area contributed by atoms with Crippen LogP contribution < -0.4 is 14.2 Å². The quantitative estimate of drug-likeness (QED) is 0.818. The van der Waals surface area contributed by atoms with Gasteiger partial charge in [-0.25, -0.2) is 4.79 Å². The number of methoxy groups -OCH3 is 3. The van der Waals surface area contributed by atoms with Crippen molar-refractivity contribution >= 4 is 12.0 Å². The van der Waals surface area contributed by atoms with Crippen LogP contribution in [0.2, 0.25) is 0 Å². The Hall–Kier alpha value is -2.24. The van der Waals surface area contributed by atoms with E-state index in [1.54, 1.807) is 12.1 Å². The van der Waals surface area contributed by atoms with Crippen LogP contribution in [-0.2, 0) is 4.79 Å². The second kappa shape index (κ2) is 7.16. The highest BCUT2D eigenvalue weighted by molar-refractivity contribution is 5.85. The summed E-state index contributed by atoms with van der Waals surface area (Å²) < 4.78 is 15.4. The summed E-state index contributed by atoms with van der Waals surface area (Å²) in [5.41, 5.74) is 0.655. The van der Waals surface area contributed by atoms with Gasteiger partial charge in [0.1, 0.15) is 0 Å². The van der Waals surface area contributed by atoms with E-state index in [-0.39, 0.29) is 4.70 Å². The molecule has 1 aromatic rings. The number of benzene rings is 1. The Balaban J connectivity index is 0.00000289. The number of aliphatic carboxylic acids is 1. The molecule has 0 fully saturated rings. The van der Waals surface area contributed by atoms with Gasteiger partial charge in [-0.2, -0.15) is 0 Å². The highest BCUT2D eigenvalue weighted by atomic mass is 19.0. The lowest BCUT2D eigenvalue weighted by atomic mass is 10.1. The number of rotatable bonds is 5. The van der Waals surface area contributed by atoms with Crippen molar-refractivity contribution in [1.82, 2.24) is 0 Å². The normalized spacial score (nSPS) is 9.72. The molecule has 0 atom stereocenters. The molecule has 0 aliphatic heterocycles. The Morgan fingerprint density at radius 2 is 1.61 bits per heavy atom. The Kier molecular flexibility index (Phi) is 6.27. The lowest BCUT2D eigenvalue weighted by Crippen LogP contribution is -1.95. The zero-order valence-corrected chi connectivity index (χ0v) is 10.3. The molecule has 18 heavy (non-hydrogen) atoms. The Morgan fingerprint density at radius 3 is 1.94 bits per heavy atom. The molecule has 0 heterocycles. The maximum Gasteiger partial charge on any atom is 0.328 e.